The predicted octanol–water partition coefficient (Wildman–Crippen LogP) is 4.09. The normalized spacial score (nSPS) is 11.1. The van der Waals surface area contributed by atoms with Gasteiger partial charge in [-0.25, -0.2) is 5.43 Å². The highest BCUT2D eigenvalue weighted by molar-refractivity contribution is 7.13. The van der Waals surface area contributed by atoms with Crippen LogP contribution in [0.4, 0.5) is 0 Å². The van der Waals surface area contributed by atoms with Crippen molar-refractivity contribution < 1.29 is 4.79 Å². The van der Waals surface area contributed by atoms with Gasteiger partial charge < -0.3 is 0 Å². The summed E-state index contributed by atoms with van der Waals surface area (Å²) in [6.07, 6.45) is 4.84. The van der Waals surface area contributed by atoms with Crippen LogP contribution in [0.5, 0.6) is 0 Å². The van der Waals surface area contributed by atoms with Crippen molar-refractivity contribution in [2.75, 3.05) is 0 Å². The van der Waals surface area contributed by atoms with E-state index in [-0.39, 0.29) is 5.91 Å². The number of thiophene rings is 2. The summed E-state index contributed by atoms with van der Waals surface area (Å²) in [6, 6.07) is 6.05. The second-order valence-electron chi connectivity index (χ2n) is 4.41. The van der Waals surface area contributed by atoms with Crippen LogP contribution in [0.2, 0.25) is 0 Å². The molecule has 0 saturated carbocycles. The Labute approximate surface area is 127 Å². The molecule has 0 spiro atoms. The summed E-state index contributed by atoms with van der Waals surface area (Å²) in [5.41, 5.74) is 3.26. The molecule has 1 N–H and O–H groups in total. The van der Waals surface area contributed by atoms with Crippen molar-refractivity contribution in [3.05, 3.63) is 43.8 Å². The van der Waals surface area contributed by atoms with Crippen molar-refractivity contribution in [3.63, 3.8) is 0 Å². The van der Waals surface area contributed by atoms with Gasteiger partial charge in [0.25, 0.3) is 5.91 Å². The summed E-state index contributed by atoms with van der Waals surface area (Å²) in [5, 5.41) is 5.90. The van der Waals surface area contributed by atoms with E-state index >= 15 is 0 Å². The number of hydrogen-bond acceptors (Lipinski definition) is 4. The van der Waals surface area contributed by atoms with Gasteiger partial charge in [0.2, 0.25) is 0 Å². The van der Waals surface area contributed by atoms with Gasteiger partial charge in [-0.15, -0.1) is 22.7 Å². The van der Waals surface area contributed by atoms with E-state index in [4.69, 9.17) is 0 Å². The molecule has 0 aliphatic carbocycles. The third kappa shape index (κ3) is 4.02. The Morgan fingerprint density at radius 1 is 1.35 bits per heavy atom. The predicted molar refractivity (Wildman–Crippen MR) is 87.1 cm³/mol. The van der Waals surface area contributed by atoms with E-state index in [1.807, 2.05) is 17.5 Å². The molecule has 0 aromatic carbocycles. The van der Waals surface area contributed by atoms with Gasteiger partial charge in [0, 0.05) is 20.0 Å². The lowest BCUT2D eigenvalue weighted by molar-refractivity contribution is 0.0955. The first-order chi connectivity index (χ1) is 9.72. The second-order valence-corrected chi connectivity index (χ2v) is 6.60. The molecule has 0 unspecified atom stereocenters. The third-order valence-corrected chi connectivity index (χ3v) is 4.96. The molecule has 0 bridgehead atoms. The first-order valence-corrected chi connectivity index (χ1v) is 8.42. The molecule has 1 amide bonds. The Bertz CT molecular complexity index is 599. The number of nitrogens with zero attached hydrogens (tertiary/aromatic N) is 1. The van der Waals surface area contributed by atoms with Crippen molar-refractivity contribution in [3.8, 4) is 0 Å². The maximum Gasteiger partial charge on any atom is 0.272 e. The Balaban J connectivity index is 1.90. The number of hydrazone groups is 1. The van der Waals surface area contributed by atoms with E-state index < -0.39 is 0 Å². The van der Waals surface area contributed by atoms with Crippen LogP contribution in [-0.4, -0.2) is 12.1 Å². The molecule has 0 saturated heterocycles. The molecule has 0 aliphatic heterocycles. The highest BCUT2D eigenvalue weighted by atomic mass is 32.1. The first-order valence-electron chi connectivity index (χ1n) is 6.72. The van der Waals surface area contributed by atoms with Gasteiger partial charge in [0.15, 0.2) is 0 Å². The van der Waals surface area contributed by atoms with Crippen LogP contribution in [-0.2, 0) is 12.8 Å². The zero-order valence-corrected chi connectivity index (χ0v) is 13.3. The molecule has 20 heavy (non-hydrogen) atoms. The Morgan fingerprint density at radius 3 is 2.90 bits per heavy atom. The van der Waals surface area contributed by atoms with Gasteiger partial charge in [-0.3, -0.25) is 4.79 Å². The standard InChI is InChI=1S/C15H18N2OS2/c1-3-5-13-8-11(10-19-13)15(18)17-16-9-14-7-6-12(4-2)20-14/h6-10H,3-5H2,1-2H3,(H,17,18)/b16-9+. The smallest absolute Gasteiger partial charge is 0.267 e. The van der Waals surface area contributed by atoms with Crippen molar-refractivity contribution in [1.29, 1.82) is 0 Å². The largest absolute Gasteiger partial charge is 0.272 e. The van der Waals surface area contributed by atoms with Crippen LogP contribution in [0.1, 0.15) is 45.3 Å². The van der Waals surface area contributed by atoms with Crippen LogP contribution in [0.3, 0.4) is 0 Å². The molecule has 2 aromatic heterocycles. The quantitative estimate of drug-likeness (QED) is 0.634. The minimum absolute atomic E-state index is 0.146. The summed E-state index contributed by atoms with van der Waals surface area (Å²) in [5.74, 6) is -0.146. The summed E-state index contributed by atoms with van der Waals surface area (Å²) in [6.45, 7) is 4.26. The Hall–Kier alpha value is -1.46. The first kappa shape index (κ1) is 14.9. The number of hydrogen-bond donors (Lipinski definition) is 1. The lowest BCUT2D eigenvalue weighted by Crippen LogP contribution is -2.16. The van der Waals surface area contributed by atoms with E-state index in [9.17, 15) is 4.79 Å². The molecule has 2 heterocycles. The van der Waals surface area contributed by atoms with Crippen molar-refractivity contribution in [1.82, 2.24) is 5.43 Å². The average Bonchev–Trinajstić information content (AvgIpc) is 3.08. The van der Waals surface area contributed by atoms with E-state index in [2.05, 4.69) is 30.4 Å². The van der Waals surface area contributed by atoms with Crippen LogP contribution < -0.4 is 5.43 Å². The Kier molecular flexibility index (Phi) is 5.49. The lowest BCUT2D eigenvalue weighted by Gasteiger charge is -1.95. The molecule has 106 valence electrons. The molecular weight excluding hydrogens is 288 g/mol. The van der Waals surface area contributed by atoms with E-state index in [0.717, 1.165) is 24.1 Å². The molecule has 5 heteroatoms. The maximum atomic E-state index is 11.9. The highest BCUT2D eigenvalue weighted by Crippen LogP contribution is 2.16. The topological polar surface area (TPSA) is 41.5 Å². The van der Waals surface area contributed by atoms with Gasteiger partial charge >= 0.3 is 0 Å². The number of amides is 1. The molecule has 0 radical (unpaired) electrons. The van der Waals surface area contributed by atoms with Gasteiger partial charge in [-0.05, 0) is 31.0 Å². The number of carbonyl (C=O) groups is 1. The summed E-state index contributed by atoms with van der Waals surface area (Å²) in [7, 11) is 0. The third-order valence-electron chi connectivity index (χ3n) is 2.80. The molecule has 0 fully saturated rings. The number of nitrogens with one attached hydrogen (secondary N) is 1. The van der Waals surface area contributed by atoms with Gasteiger partial charge in [-0.1, -0.05) is 20.3 Å². The molecular formula is C15H18N2OS2. The second kappa shape index (κ2) is 7.36. The zero-order valence-electron chi connectivity index (χ0n) is 11.7. The number of rotatable bonds is 6. The minimum atomic E-state index is -0.146. The van der Waals surface area contributed by atoms with Crippen LogP contribution in [0.25, 0.3) is 0 Å². The average molecular weight is 306 g/mol. The Morgan fingerprint density at radius 2 is 2.20 bits per heavy atom. The minimum Gasteiger partial charge on any atom is -0.267 e. The highest BCUT2D eigenvalue weighted by Gasteiger charge is 2.07. The molecule has 2 rings (SSSR count). The molecule has 2 aromatic rings. The fourth-order valence-corrected chi connectivity index (χ4v) is 3.55. The van der Waals surface area contributed by atoms with Crippen molar-refractivity contribution in [2.24, 2.45) is 5.10 Å². The monoisotopic (exact) mass is 306 g/mol. The number of carbonyl (C=O) groups excluding carboxylic acids is 1. The van der Waals surface area contributed by atoms with Crippen molar-refractivity contribution in [2.45, 2.75) is 33.1 Å². The number of aryl methyl sites for hydroxylation is 2. The molecule has 3 nitrogen and oxygen atoms in total. The summed E-state index contributed by atoms with van der Waals surface area (Å²) >= 11 is 3.32. The van der Waals surface area contributed by atoms with Crippen LogP contribution in [0.15, 0.2) is 28.7 Å². The van der Waals surface area contributed by atoms with Gasteiger partial charge in [0.05, 0.1) is 11.8 Å². The SMILES string of the molecule is CCCc1cc(C(=O)N/N=C/c2ccc(CC)s2)cs1. The zero-order chi connectivity index (χ0) is 14.4. The van der Waals surface area contributed by atoms with Crippen LogP contribution in [0, 0.1) is 0 Å². The van der Waals surface area contributed by atoms with Crippen molar-refractivity contribution >= 4 is 34.8 Å². The fourth-order valence-electron chi connectivity index (χ4n) is 1.75. The fraction of sp³-hybridized carbons (Fsp3) is 0.333. The van der Waals surface area contributed by atoms with Crippen LogP contribution >= 0.6 is 22.7 Å². The van der Waals surface area contributed by atoms with E-state index in [1.165, 1.54) is 9.75 Å². The summed E-state index contributed by atoms with van der Waals surface area (Å²) in [4.78, 5) is 15.5. The van der Waals surface area contributed by atoms with Gasteiger partial charge in [0.1, 0.15) is 0 Å². The van der Waals surface area contributed by atoms with E-state index in [0.29, 0.717) is 5.56 Å². The lowest BCUT2D eigenvalue weighted by atomic mass is 10.2. The summed E-state index contributed by atoms with van der Waals surface area (Å²) < 4.78 is 0. The van der Waals surface area contributed by atoms with E-state index in [1.54, 1.807) is 28.9 Å². The molecule has 0 atom stereocenters. The molecule has 0 aliphatic rings. The maximum absolute atomic E-state index is 11.9. The van der Waals surface area contributed by atoms with Gasteiger partial charge in [-0.2, -0.15) is 5.10 Å².